The van der Waals surface area contributed by atoms with Crippen LogP contribution in [0.2, 0.25) is 0 Å². The third kappa shape index (κ3) is 28.4. The number of fused-ring (bicyclic) bond motifs is 11. The number of rotatable bonds is 37. The molecule has 5 aromatic rings. The molecule has 17 aliphatic rings. The number of ether oxygens (including phenoxy) is 5. The lowest BCUT2D eigenvalue weighted by atomic mass is 9.86. The molecule has 4 saturated carbocycles. The molecule has 0 aromatic heterocycles. The van der Waals surface area contributed by atoms with E-state index in [1.807, 2.05) is 0 Å². The van der Waals surface area contributed by atoms with Gasteiger partial charge in [0.05, 0.1) is 31.5 Å². The molecular weight excluding hydrogens is 1870 g/mol. The highest BCUT2D eigenvalue weighted by Gasteiger charge is 2.45. The van der Waals surface area contributed by atoms with Gasteiger partial charge in [0.25, 0.3) is 0 Å². The summed E-state index contributed by atoms with van der Waals surface area (Å²) >= 11 is 0. The first-order chi connectivity index (χ1) is 70.4. The fourth-order valence-electron chi connectivity index (χ4n) is 24.9. The van der Waals surface area contributed by atoms with Crippen LogP contribution in [0.5, 0.6) is 0 Å². The minimum absolute atomic E-state index is 0.000641. The van der Waals surface area contributed by atoms with Crippen LogP contribution in [0.25, 0.3) is 0 Å². The Kier molecular flexibility index (Phi) is 37.3. The highest BCUT2D eigenvalue weighted by molar-refractivity contribution is 5.99. The first-order valence-electron chi connectivity index (χ1n) is 55.4. The summed E-state index contributed by atoms with van der Waals surface area (Å²) in [6.45, 7) is 19.7. The molecule has 13 aliphatic heterocycles. The Morgan fingerprint density at radius 2 is 0.545 bits per heavy atom. The van der Waals surface area contributed by atoms with Crippen LogP contribution < -0.4 is 24.5 Å². The van der Waals surface area contributed by atoms with Crippen LogP contribution in [0.1, 0.15) is 266 Å². The number of amides is 5. The summed E-state index contributed by atoms with van der Waals surface area (Å²) in [5, 5.41) is 0. The number of aryl methyl sites for hydroxylation is 5. The van der Waals surface area contributed by atoms with Crippen molar-refractivity contribution in [1.82, 2.24) is 24.5 Å². The SMILES string of the molecule is CCCOCC=C1CC2CCC(C1)N2CCCN1C(=O)CCc2cc(F)c(F)cc21.O=C1CCc2cc(F)c(F)cc2N1CCCN1C2CCC1CC(=CCOCC1CC1)C2.O=C1CCc2cc(F)c(F)cc2N1CCCN1C2CCC1CC(OCC1CC1)C2.O=C1CCc2cc(F)c(F)cc2N1CCCN1CCC(OCC2CC2)CC1.O=C1CCc2cc(F)c(F)cc2N1CCCN1CCC(OCC2CCC2)CC1. The van der Waals surface area contributed by atoms with E-state index >= 15 is 0 Å². The number of benzene rings is 5. The molecule has 145 heavy (non-hydrogen) atoms. The molecule has 5 amide bonds. The van der Waals surface area contributed by atoms with Crippen LogP contribution in [0.3, 0.4) is 0 Å². The highest BCUT2D eigenvalue weighted by Crippen LogP contribution is 2.45. The van der Waals surface area contributed by atoms with Gasteiger partial charge in [-0.05, 0) is 320 Å². The van der Waals surface area contributed by atoms with Gasteiger partial charge < -0.3 is 58.0 Å². The fourth-order valence-corrected chi connectivity index (χ4v) is 24.9. The predicted octanol–water partition coefficient (Wildman–Crippen LogP) is 20.7. The normalized spacial score (nSPS) is 24.5. The molecule has 13 heterocycles. The molecule has 6 atom stereocenters. The molecule has 30 heteroatoms. The zero-order valence-electron chi connectivity index (χ0n) is 85.1. The van der Waals surface area contributed by atoms with Crippen molar-refractivity contribution in [1.29, 1.82) is 0 Å². The van der Waals surface area contributed by atoms with Crippen molar-refractivity contribution in [3.8, 4) is 0 Å². The number of nitrogens with zero attached hydrogens (tertiary/aromatic N) is 10. The first kappa shape index (κ1) is 107. The van der Waals surface area contributed by atoms with Gasteiger partial charge in [0, 0.05) is 239 Å². The summed E-state index contributed by atoms with van der Waals surface area (Å²) in [7, 11) is 0. The van der Waals surface area contributed by atoms with E-state index in [0.717, 1.165) is 259 Å². The zero-order valence-corrected chi connectivity index (χ0v) is 85.1. The molecule has 792 valence electrons. The smallest absolute Gasteiger partial charge is 0.227 e. The Bertz CT molecular complexity index is 5290. The average Bonchev–Trinajstić information content (AvgIpc) is 0.964. The molecule has 0 spiro atoms. The molecule has 22 rings (SSSR count). The number of hydrogen-bond donors (Lipinski definition) is 0. The molecule has 20 nitrogen and oxygen atoms in total. The Hall–Kier alpha value is -8.17. The largest absolute Gasteiger partial charge is 0.378 e. The van der Waals surface area contributed by atoms with Gasteiger partial charge in [-0.1, -0.05) is 36.6 Å². The van der Waals surface area contributed by atoms with E-state index in [1.54, 1.807) is 24.5 Å². The number of carbonyl (C=O) groups excluding carboxylic acids is 5. The average molecular weight is 2020 g/mol. The van der Waals surface area contributed by atoms with Gasteiger partial charge >= 0.3 is 0 Å². The van der Waals surface area contributed by atoms with Crippen molar-refractivity contribution in [2.24, 2.45) is 23.7 Å². The fraction of sp³-hybridized carbons (Fsp3) is 0.661. The van der Waals surface area contributed by atoms with Crippen LogP contribution in [0, 0.1) is 81.8 Å². The van der Waals surface area contributed by atoms with Crippen LogP contribution in [-0.2, 0) is 79.8 Å². The van der Waals surface area contributed by atoms with Crippen molar-refractivity contribution >= 4 is 58.0 Å². The topological polar surface area (TPSA) is 164 Å². The zero-order chi connectivity index (χ0) is 101. The lowest BCUT2D eigenvalue weighted by Crippen LogP contribution is -2.46. The van der Waals surface area contributed by atoms with Gasteiger partial charge in [-0.25, -0.2) is 43.9 Å². The maximum atomic E-state index is 13.8. The van der Waals surface area contributed by atoms with Crippen molar-refractivity contribution in [3.05, 3.63) is 170 Å². The van der Waals surface area contributed by atoms with Gasteiger partial charge in [-0.15, -0.1) is 0 Å². The summed E-state index contributed by atoms with van der Waals surface area (Å²) in [6, 6.07) is 15.6. The highest BCUT2D eigenvalue weighted by atomic mass is 19.2. The van der Waals surface area contributed by atoms with E-state index in [9.17, 15) is 67.9 Å². The minimum Gasteiger partial charge on any atom is -0.378 e. The third-order valence-electron chi connectivity index (χ3n) is 33.9. The van der Waals surface area contributed by atoms with Crippen LogP contribution in [0.4, 0.5) is 72.3 Å². The Morgan fingerprint density at radius 1 is 0.283 bits per heavy atom. The van der Waals surface area contributed by atoms with Gasteiger partial charge in [-0.3, -0.25) is 38.7 Å². The van der Waals surface area contributed by atoms with E-state index in [0.29, 0.717) is 180 Å². The van der Waals surface area contributed by atoms with Crippen LogP contribution in [-0.4, -0.2) is 246 Å². The minimum atomic E-state index is -0.887. The van der Waals surface area contributed by atoms with Crippen LogP contribution in [0.15, 0.2) is 84.0 Å². The van der Waals surface area contributed by atoms with E-state index in [1.165, 1.54) is 168 Å². The van der Waals surface area contributed by atoms with Crippen LogP contribution >= 0.6 is 0 Å². The summed E-state index contributed by atoms with van der Waals surface area (Å²) < 4.78 is 166. The lowest BCUT2D eigenvalue weighted by molar-refractivity contribution is -0.119. The van der Waals surface area contributed by atoms with E-state index in [4.69, 9.17) is 23.7 Å². The number of carbonyl (C=O) groups is 5. The van der Waals surface area contributed by atoms with Crippen molar-refractivity contribution in [3.63, 3.8) is 0 Å². The van der Waals surface area contributed by atoms with Gasteiger partial charge in [-0.2, -0.15) is 0 Å². The maximum Gasteiger partial charge on any atom is 0.227 e. The standard InChI is InChI=1S/C25H32F2N2O2.C24H32F2N2O2.C23H30F2N2O2.C22H30F2N2O2.C21H28F2N2O2/c26-22-14-19-4-7-25(30)29(24(19)15-23(22)27)10-1-9-28-20-5-6-21(28)13-18(12-20)8-11-31-16-17-2-3-17;1-2-11-30-12-8-17-13-19-5-6-20(14-17)27(19)9-3-10-28-23-16-22(26)21(25)15-18(23)4-7-24(28)29;24-20-10-16-4-7-23(28)27(22(16)13-21(20)25)9-1-8-26-17-5-6-18(26)12-19(11-17)29-14-15-2-3-15;23-19-13-17-5-6-22(27)26(21(17)14-20(19)24)10-2-9-25-11-7-18(8-12-25)28-15-16-3-1-4-16;22-18-12-16-4-5-21(26)25(20(16)13-19(18)23)9-1-8-24-10-6-17(7-11-24)27-14-15-2-3-15/h8,14-15,17,20-21H,1-7,9-13,16H2;8,15-16,19-20H,2-7,9-14H2,1H3;10,13,15,17-19H,1-9,11-12,14H2;13-14,16,18H,1-12,15H2;12-13,15,17H,1-11,14H2. The second-order valence-corrected chi connectivity index (χ2v) is 44.3. The number of halogens is 10. The Balaban J connectivity index is 0.000000119. The van der Waals surface area contributed by atoms with E-state index < -0.39 is 58.2 Å². The van der Waals surface area contributed by atoms with Crippen molar-refractivity contribution in [2.75, 3.05) is 162 Å². The third-order valence-corrected chi connectivity index (χ3v) is 33.9. The molecule has 4 aliphatic carbocycles. The van der Waals surface area contributed by atoms with Gasteiger partial charge in [0.15, 0.2) is 58.2 Å². The molecule has 0 radical (unpaired) electrons. The quantitative estimate of drug-likeness (QED) is 0.0209. The van der Waals surface area contributed by atoms with Gasteiger partial charge in [0.1, 0.15) is 0 Å². The lowest BCUT2D eigenvalue weighted by Gasteiger charge is -2.39. The molecule has 6 bridgehead atoms. The molecule has 5 aromatic carbocycles. The van der Waals surface area contributed by atoms with E-state index in [-0.39, 0.29) is 29.5 Å². The number of anilines is 5. The molecule has 6 unspecified atom stereocenters. The molecule has 12 fully saturated rings. The summed E-state index contributed by atoms with van der Waals surface area (Å²) in [6.07, 6.45) is 45.7. The molecule has 8 saturated heterocycles. The van der Waals surface area contributed by atoms with E-state index in [2.05, 4.69) is 43.6 Å². The summed E-state index contributed by atoms with van der Waals surface area (Å²) in [5.41, 5.74) is 9.43. The Morgan fingerprint density at radius 3 is 0.834 bits per heavy atom. The van der Waals surface area contributed by atoms with Crippen molar-refractivity contribution < 1.29 is 91.6 Å². The Labute approximate surface area is 850 Å². The number of likely N-dealkylation sites (tertiary alicyclic amines) is 2. The number of piperidine rings is 5. The second-order valence-electron chi connectivity index (χ2n) is 44.3. The molecular formula is C115H152F10N10O10. The maximum absolute atomic E-state index is 13.8. The summed E-state index contributed by atoms with van der Waals surface area (Å²) in [4.78, 5) is 82.9. The molecule has 0 N–H and O–H groups in total. The predicted molar refractivity (Wildman–Crippen MR) is 541 cm³/mol. The number of hydrogen-bond acceptors (Lipinski definition) is 15. The monoisotopic (exact) mass is 2020 g/mol. The summed E-state index contributed by atoms with van der Waals surface area (Å²) in [5.74, 6) is -5.34. The second kappa shape index (κ2) is 50.6. The first-order valence-corrected chi connectivity index (χ1v) is 55.4. The van der Waals surface area contributed by atoms with Gasteiger partial charge in [0.2, 0.25) is 29.5 Å². The van der Waals surface area contributed by atoms with Crippen molar-refractivity contribution in [2.45, 2.75) is 325 Å².